The summed E-state index contributed by atoms with van der Waals surface area (Å²) in [6, 6.07) is 6.05. The third kappa shape index (κ3) is 8.39. The molecular formula is C47H57FN8O7. The Morgan fingerprint density at radius 1 is 0.921 bits per heavy atom. The number of anilines is 2. The summed E-state index contributed by atoms with van der Waals surface area (Å²) in [6.07, 6.45) is 9.92. The summed E-state index contributed by atoms with van der Waals surface area (Å²) in [7, 11) is 0. The normalized spacial score (nSPS) is 23.5. The Kier molecular flexibility index (Phi) is 11.4. The first-order chi connectivity index (χ1) is 29.8. The van der Waals surface area contributed by atoms with Crippen LogP contribution >= 0.6 is 0 Å². The molecule has 63 heavy (non-hydrogen) atoms. The first kappa shape index (κ1) is 43.8. The van der Waals surface area contributed by atoms with E-state index in [2.05, 4.69) is 29.7 Å². The number of piperazine rings is 1. The fraction of sp³-hybridized carbons (Fsp3) is 0.553. The Morgan fingerprint density at radius 3 is 2.10 bits per heavy atom. The predicted octanol–water partition coefficient (Wildman–Crippen LogP) is 8.65. The van der Waals surface area contributed by atoms with E-state index in [-0.39, 0.29) is 46.4 Å². The van der Waals surface area contributed by atoms with E-state index in [1.54, 1.807) is 59.7 Å². The quantitative estimate of drug-likeness (QED) is 0.168. The van der Waals surface area contributed by atoms with Crippen molar-refractivity contribution in [3.8, 4) is 29.7 Å². The van der Waals surface area contributed by atoms with Crippen LogP contribution in [0.3, 0.4) is 0 Å². The van der Waals surface area contributed by atoms with Crippen LogP contribution < -0.4 is 14.5 Å². The van der Waals surface area contributed by atoms with Gasteiger partial charge in [-0.1, -0.05) is 44.7 Å². The number of benzene rings is 1. The highest BCUT2D eigenvalue weighted by Crippen LogP contribution is 2.46. The van der Waals surface area contributed by atoms with Gasteiger partial charge < -0.3 is 24.2 Å². The van der Waals surface area contributed by atoms with Crippen LogP contribution in [0.25, 0.3) is 33.1 Å². The fourth-order valence-corrected chi connectivity index (χ4v) is 10.0. The number of ether oxygens (including phenoxy) is 3. The van der Waals surface area contributed by atoms with Gasteiger partial charge in [0.2, 0.25) is 0 Å². The number of terminal acetylenes is 1. The minimum absolute atomic E-state index is 0.00677. The number of carboxylic acid groups (broad SMARTS) is 1. The second kappa shape index (κ2) is 16.4. The lowest BCUT2D eigenvalue weighted by molar-refractivity contribution is 0.0428. The van der Waals surface area contributed by atoms with Crippen molar-refractivity contribution in [2.24, 2.45) is 11.8 Å². The van der Waals surface area contributed by atoms with Crippen LogP contribution in [-0.2, 0) is 9.47 Å². The predicted molar refractivity (Wildman–Crippen MR) is 236 cm³/mol. The molecule has 4 saturated heterocycles. The van der Waals surface area contributed by atoms with Crippen molar-refractivity contribution in [3.63, 3.8) is 0 Å². The lowest BCUT2D eigenvalue weighted by Crippen LogP contribution is -2.55. The van der Waals surface area contributed by atoms with Crippen molar-refractivity contribution in [1.29, 1.82) is 0 Å². The van der Waals surface area contributed by atoms with Crippen LogP contribution in [0.2, 0.25) is 0 Å². The van der Waals surface area contributed by atoms with Gasteiger partial charge in [-0.15, -0.1) is 6.42 Å². The van der Waals surface area contributed by atoms with Crippen molar-refractivity contribution >= 4 is 51.6 Å². The SMILES string of the molecule is C#Cc1cccc2cc(N(C(=O)OC(C)(C)C)C(=O)OC(C)(C)C)nc(-c3ncc4c(N5C[C@H]6CC[C@@H](C5)N6C(=O)O)nc(OCC56CC(CC)CN5CC(CC)C6)nc4c3F)c12. The number of fused-ring (bicyclic) bond motifs is 5. The zero-order chi connectivity index (χ0) is 45.2. The molecule has 2 bridgehead atoms. The first-order valence-corrected chi connectivity index (χ1v) is 22.0. The maximum absolute atomic E-state index is 17.8. The molecule has 16 heteroatoms. The van der Waals surface area contributed by atoms with Crippen LogP contribution in [0.5, 0.6) is 6.01 Å². The topological polar surface area (TPSA) is 164 Å². The number of nitrogens with zero attached hydrogens (tertiary/aromatic N) is 8. The minimum Gasteiger partial charge on any atom is -0.465 e. The van der Waals surface area contributed by atoms with Gasteiger partial charge in [0.25, 0.3) is 0 Å². The zero-order valence-corrected chi connectivity index (χ0v) is 37.4. The molecule has 4 aromatic rings. The molecule has 0 radical (unpaired) electrons. The van der Waals surface area contributed by atoms with E-state index < -0.39 is 35.3 Å². The summed E-state index contributed by atoms with van der Waals surface area (Å²) in [4.78, 5) is 65.8. The number of hydrogen-bond donors (Lipinski definition) is 1. The molecular weight excluding hydrogens is 808 g/mol. The molecule has 8 rings (SSSR count). The maximum atomic E-state index is 17.8. The van der Waals surface area contributed by atoms with Gasteiger partial charge in [0.1, 0.15) is 46.3 Å². The average Bonchev–Trinajstić information content (AvgIpc) is 3.83. The number of hydrogen-bond acceptors (Lipinski definition) is 12. The van der Waals surface area contributed by atoms with Gasteiger partial charge in [-0.3, -0.25) is 14.8 Å². The van der Waals surface area contributed by atoms with Gasteiger partial charge in [0.15, 0.2) is 5.82 Å². The molecule has 0 saturated carbocycles. The molecule has 4 aliphatic rings. The Morgan fingerprint density at radius 2 is 1.54 bits per heavy atom. The maximum Gasteiger partial charge on any atom is 0.425 e. The molecule has 1 aromatic carbocycles. The lowest BCUT2D eigenvalue weighted by Gasteiger charge is -2.40. The van der Waals surface area contributed by atoms with E-state index in [0.29, 0.717) is 76.8 Å². The number of imide groups is 1. The van der Waals surface area contributed by atoms with Gasteiger partial charge in [-0.05, 0) is 96.6 Å². The van der Waals surface area contributed by atoms with E-state index >= 15 is 4.39 Å². The third-order valence-corrected chi connectivity index (χ3v) is 12.8. The molecule has 1 N–H and O–H groups in total. The van der Waals surface area contributed by atoms with Crippen molar-refractivity contribution < 1.29 is 38.1 Å². The average molecular weight is 865 g/mol. The molecule has 7 heterocycles. The molecule has 3 aromatic heterocycles. The number of aromatic nitrogens is 4. The van der Waals surface area contributed by atoms with Gasteiger partial charge in [-0.2, -0.15) is 14.9 Å². The molecule has 3 amide bonds. The van der Waals surface area contributed by atoms with Crippen LogP contribution in [0.4, 0.5) is 30.4 Å². The molecule has 15 nitrogen and oxygen atoms in total. The smallest absolute Gasteiger partial charge is 0.425 e. The number of halogens is 1. The van der Waals surface area contributed by atoms with E-state index in [1.807, 2.05) is 4.90 Å². The van der Waals surface area contributed by atoms with Crippen molar-refractivity contribution in [2.45, 2.75) is 123 Å². The Labute approximate surface area is 367 Å². The molecule has 4 fully saturated rings. The number of carbonyl (C=O) groups excluding carboxylic acids is 2. The summed E-state index contributed by atoms with van der Waals surface area (Å²) in [5.74, 6) is 3.07. The second-order valence-corrected chi connectivity index (χ2v) is 19.5. The standard InChI is InChI=1S/C47H57FN8O7/c1-10-27-19-47(20-28(11-2)23-54(47)22-27)26-61-41-51-37-33(40(52-41)53-24-31-16-17-32(25-53)55(31)42(57)58)21-49-39(36(37)48)38-35-29(12-3)14-13-15-30(35)18-34(50-38)56(43(59)62-45(4,5)6)44(60)63-46(7,8)9/h3,13-15,18,21,27-28,31-32H,10-11,16-17,19-20,22-26H2,1-2,4-9H3,(H,57,58)/t27?,28?,31-,32+,47?. The molecule has 4 aliphatic heterocycles. The largest absolute Gasteiger partial charge is 0.465 e. The Hall–Kier alpha value is -5.82. The van der Waals surface area contributed by atoms with Gasteiger partial charge in [-0.25, -0.2) is 23.8 Å². The number of rotatable bonds is 8. The van der Waals surface area contributed by atoms with E-state index in [1.165, 1.54) is 17.2 Å². The third-order valence-electron chi connectivity index (χ3n) is 12.8. The molecule has 0 aliphatic carbocycles. The second-order valence-electron chi connectivity index (χ2n) is 19.5. The number of pyridine rings is 2. The van der Waals surface area contributed by atoms with Crippen LogP contribution in [0, 0.1) is 30.0 Å². The number of amides is 3. The molecule has 2 unspecified atom stereocenters. The summed E-state index contributed by atoms with van der Waals surface area (Å²) < 4.78 is 35.7. The first-order valence-electron chi connectivity index (χ1n) is 22.0. The fourth-order valence-electron chi connectivity index (χ4n) is 10.0. The summed E-state index contributed by atoms with van der Waals surface area (Å²) in [5, 5.41) is 11.1. The zero-order valence-electron chi connectivity index (χ0n) is 37.4. The van der Waals surface area contributed by atoms with Gasteiger partial charge >= 0.3 is 24.3 Å². The highest BCUT2D eigenvalue weighted by atomic mass is 19.1. The van der Waals surface area contributed by atoms with Crippen LogP contribution in [-0.4, -0.2) is 115 Å². The van der Waals surface area contributed by atoms with E-state index in [4.69, 9.17) is 35.6 Å². The monoisotopic (exact) mass is 864 g/mol. The van der Waals surface area contributed by atoms with Crippen LogP contribution in [0.1, 0.15) is 99.5 Å². The van der Waals surface area contributed by atoms with Crippen molar-refractivity contribution in [1.82, 2.24) is 29.7 Å². The summed E-state index contributed by atoms with van der Waals surface area (Å²) >= 11 is 0. The van der Waals surface area contributed by atoms with Crippen molar-refractivity contribution in [2.75, 3.05) is 42.6 Å². The summed E-state index contributed by atoms with van der Waals surface area (Å²) in [5.41, 5.74) is -2.21. The molecule has 334 valence electrons. The van der Waals surface area contributed by atoms with E-state index in [0.717, 1.165) is 38.8 Å². The highest BCUT2D eigenvalue weighted by Gasteiger charge is 2.51. The number of carbonyl (C=O) groups is 3. The van der Waals surface area contributed by atoms with E-state index in [9.17, 15) is 19.5 Å². The van der Waals surface area contributed by atoms with Gasteiger partial charge in [0, 0.05) is 43.3 Å². The van der Waals surface area contributed by atoms with Gasteiger partial charge in [0.05, 0.1) is 23.0 Å². The molecule has 0 spiro atoms. The lowest BCUT2D eigenvalue weighted by atomic mass is 9.86. The van der Waals surface area contributed by atoms with Crippen LogP contribution in [0.15, 0.2) is 30.5 Å². The summed E-state index contributed by atoms with van der Waals surface area (Å²) in [6.45, 7) is 17.4. The minimum atomic E-state index is -1.05. The Balaban J connectivity index is 1.29. The highest BCUT2D eigenvalue weighted by molar-refractivity contribution is 6.11. The van der Waals surface area contributed by atoms with Crippen molar-refractivity contribution in [3.05, 3.63) is 41.8 Å². The Bertz CT molecular complexity index is 2460. The molecule has 4 atom stereocenters.